The highest BCUT2D eigenvalue weighted by atomic mass is 16.2. The molecule has 0 aliphatic rings. The lowest BCUT2D eigenvalue weighted by atomic mass is 9.99. The molecule has 1 aromatic carbocycles. The van der Waals surface area contributed by atoms with E-state index < -0.39 is 0 Å². The second-order valence-electron chi connectivity index (χ2n) is 5.98. The average molecular weight is 310 g/mol. The number of rotatable bonds is 7. The van der Waals surface area contributed by atoms with Crippen LogP contribution in [0.3, 0.4) is 0 Å². The SMILES string of the molecule is CC(C)Cc1ccc(C(=O)CCC(=O)Nc2ccccn2)cc1. The summed E-state index contributed by atoms with van der Waals surface area (Å²) in [6.07, 6.45) is 2.96. The third-order valence-corrected chi connectivity index (χ3v) is 3.43. The Balaban J connectivity index is 1.83. The quantitative estimate of drug-likeness (QED) is 0.789. The van der Waals surface area contributed by atoms with Crippen molar-refractivity contribution in [1.29, 1.82) is 0 Å². The standard InChI is InChI=1S/C19H22N2O2/c1-14(2)13-15-6-8-16(9-7-15)17(22)10-11-19(23)21-18-5-3-4-12-20-18/h3-9,12,14H,10-11,13H2,1-2H3,(H,20,21,23). The minimum atomic E-state index is -0.200. The summed E-state index contributed by atoms with van der Waals surface area (Å²) in [6.45, 7) is 4.33. The molecule has 0 bridgehead atoms. The molecule has 1 amide bonds. The fourth-order valence-electron chi connectivity index (χ4n) is 2.31. The molecular weight excluding hydrogens is 288 g/mol. The van der Waals surface area contributed by atoms with Crippen molar-refractivity contribution in [2.45, 2.75) is 33.1 Å². The number of pyridine rings is 1. The molecule has 0 aliphatic heterocycles. The Bertz CT molecular complexity index is 649. The smallest absolute Gasteiger partial charge is 0.225 e. The van der Waals surface area contributed by atoms with Crippen LogP contribution in [-0.2, 0) is 11.2 Å². The Kier molecular flexibility index (Phi) is 6.03. The van der Waals surface area contributed by atoms with Gasteiger partial charge in [0.25, 0.3) is 0 Å². The van der Waals surface area contributed by atoms with E-state index in [1.165, 1.54) is 5.56 Å². The number of hydrogen-bond acceptors (Lipinski definition) is 3. The molecule has 4 heteroatoms. The van der Waals surface area contributed by atoms with Gasteiger partial charge in [-0.15, -0.1) is 0 Å². The van der Waals surface area contributed by atoms with Crippen LogP contribution in [0.1, 0.15) is 42.6 Å². The van der Waals surface area contributed by atoms with E-state index in [9.17, 15) is 9.59 Å². The van der Waals surface area contributed by atoms with Crippen LogP contribution in [0, 0.1) is 5.92 Å². The largest absolute Gasteiger partial charge is 0.311 e. The number of carbonyl (C=O) groups is 2. The number of anilines is 1. The molecule has 1 N–H and O–H groups in total. The van der Waals surface area contributed by atoms with Gasteiger partial charge in [0.15, 0.2) is 5.78 Å². The van der Waals surface area contributed by atoms with Gasteiger partial charge in [-0.1, -0.05) is 44.2 Å². The van der Waals surface area contributed by atoms with Crippen molar-refractivity contribution in [3.8, 4) is 0 Å². The first-order chi connectivity index (χ1) is 11.0. The predicted molar refractivity (Wildman–Crippen MR) is 91.4 cm³/mol. The summed E-state index contributed by atoms with van der Waals surface area (Å²) in [5.41, 5.74) is 1.88. The second-order valence-corrected chi connectivity index (χ2v) is 5.98. The van der Waals surface area contributed by atoms with Crippen LogP contribution in [-0.4, -0.2) is 16.7 Å². The van der Waals surface area contributed by atoms with Crippen LogP contribution in [0.5, 0.6) is 0 Å². The molecule has 0 atom stereocenters. The molecule has 0 aliphatic carbocycles. The Morgan fingerprint density at radius 1 is 1.04 bits per heavy atom. The van der Waals surface area contributed by atoms with Crippen LogP contribution >= 0.6 is 0 Å². The first kappa shape index (κ1) is 16.9. The predicted octanol–water partition coefficient (Wildman–Crippen LogP) is 3.88. The van der Waals surface area contributed by atoms with Crippen molar-refractivity contribution < 1.29 is 9.59 Å². The van der Waals surface area contributed by atoms with E-state index in [1.54, 1.807) is 24.4 Å². The molecule has 2 rings (SSSR count). The van der Waals surface area contributed by atoms with Gasteiger partial charge in [-0.3, -0.25) is 9.59 Å². The van der Waals surface area contributed by atoms with Crippen LogP contribution in [0.15, 0.2) is 48.7 Å². The number of amides is 1. The molecule has 1 aromatic heterocycles. The number of nitrogens with zero attached hydrogens (tertiary/aromatic N) is 1. The van der Waals surface area contributed by atoms with E-state index in [0.29, 0.717) is 17.3 Å². The number of benzene rings is 1. The third-order valence-electron chi connectivity index (χ3n) is 3.43. The van der Waals surface area contributed by atoms with Crippen molar-refractivity contribution in [3.05, 3.63) is 59.8 Å². The summed E-state index contributed by atoms with van der Waals surface area (Å²) in [6, 6.07) is 13.0. The molecule has 120 valence electrons. The van der Waals surface area contributed by atoms with E-state index in [1.807, 2.05) is 24.3 Å². The molecule has 0 saturated heterocycles. The van der Waals surface area contributed by atoms with Crippen molar-refractivity contribution in [2.75, 3.05) is 5.32 Å². The highest BCUT2D eigenvalue weighted by Crippen LogP contribution is 2.12. The van der Waals surface area contributed by atoms with Crippen molar-refractivity contribution in [1.82, 2.24) is 4.98 Å². The summed E-state index contributed by atoms with van der Waals surface area (Å²) in [5, 5.41) is 2.68. The summed E-state index contributed by atoms with van der Waals surface area (Å²) < 4.78 is 0. The third kappa shape index (κ3) is 5.66. The van der Waals surface area contributed by atoms with E-state index in [2.05, 4.69) is 24.1 Å². The Morgan fingerprint density at radius 2 is 1.78 bits per heavy atom. The van der Waals surface area contributed by atoms with E-state index in [-0.39, 0.29) is 24.5 Å². The maximum Gasteiger partial charge on any atom is 0.225 e. The molecule has 23 heavy (non-hydrogen) atoms. The van der Waals surface area contributed by atoms with Crippen molar-refractivity contribution in [2.24, 2.45) is 5.92 Å². The highest BCUT2D eigenvalue weighted by Gasteiger charge is 2.10. The molecule has 0 saturated carbocycles. The van der Waals surface area contributed by atoms with Crippen LogP contribution < -0.4 is 5.32 Å². The Morgan fingerprint density at radius 3 is 2.39 bits per heavy atom. The van der Waals surface area contributed by atoms with Crippen LogP contribution in [0.25, 0.3) is 0 Å². The maximum atomic E-state index is 12.1. The topological polar surface area (TPSA) is 59.1 Å². The normalized spacial score (nSPS) is 10.6. The van der Waals surface area contributed by atoms with Gasteiger partial charge in [-0.05, 0) is 30.0 Å². The zero-order chi connectivity index (χ0) is 16.7. The summed E-state index contributed by atoms with van der Waals surface area (Å²) in [5.74, 6) is 0.876. The van der Waals surface area contributed by atoms with Crippen molar-refractivity contribution in [3.63, 3.8) is 0 Å². The fourth-order valence-corrected chi connectivity index (χ4v) is 2.31. The minimum Gasteiger partial charge on any atom is -0.311 e. The lowest BCUT2D eigenvalue weighted by Gasteiger charge is -2.06. The van der Waals surface area contributed by atoms with Gasteiger partial charge in [0, 0.05) is 24.6 Å². The number of nitrogens with one attached hydrogen (secondary N) is 1. The highest BCUT2D eigenvalue weighted by molar-refractivity contribution is 5.99. The molecule has 0 fully saturated rings. The molecule has 0 unspecified atom stereocenters. The zero-order valence-electron chi connectivity index (χ0n) is 13.6. The van der Waals surface area contributed by atoms with Crippen LogP contribution in [0.2, 0.25) is 0 Å². The zero-order valence-corrected chi connectivity index (χ0v) is 13.6. The summed E-state index contributed by atoms with van der Waals surface area (Å²) >= 11 is 0. The molecule has 0 spiro atoms. The van der Waals surface area contributed by atoms with E-state index in [4.69, 9.17) is 0 Å². The van der Waals surface area contributed by atoms with Gasteiger partial charge in [0.1, 0.15) is 5.82 Å². The lowest BCUT2D eigenvalue weighted by molar-refractivity contribution is -0.116. The number of aromatic nitrogens is 1. The molecular formula is C19H22N2O2. The first-order valence-electron chi connectivity index (χ1n) is 7.87. The van der Waals surface area contributed by atoms with Gasteiger partial charge in [-0.25, -0.2) is 4.98 Å². The Hall–Kier alpha value is -2.49. The van der Waals surface area contributed by atoms with E-state index in [0.717, 1.165) is 6.42 Å². The number of ketones is 1. The average Bonchev–Trinajstić information content (AvgIpc) is 2.54. The Labute approximate surface area is 137 Å². The monoisotopic (exact) mass is 310 g/mol. The molecule has 2 aromatic rings. The molecule has 4 nitrogen and oxygen atoms in total. The minimum absolute atomic E-state index is 0.0164. The first-order valence-corrected chi connectivity index (χ1v) is 7.87. The van der Waals surface area contributed by atoms with Gasteiger partial charge in [0.05, 0.1) is 0 Å². The van der Waals surface area contributed by atoms with Gasteiger partial charge >= 0.3 is 0 Å². The lowest BCUT2D eigenvalue weighted by Crippen LogP contribution is -2.14. The molecule has 0 radical (unpaired) electrons. The van der Waals surface area contributed by atoms with Gasteiger partial charge in [-0.2, -0.15) is 0 Å². The van der Waals surface area contributed by atoms with Crippen LogP contribution in [0.4, 0.5) is 5.82 Å². The summed E-state index contributed by atoms with van der Waals surface area (Å²) in [7, 11) is 0. The second kappa shape index (κ2) is 8.22. The number of Topliss-reactive ketones (excluding diaryl/α,β-unsaturated/α-hetero) is 1. The van der Waals surface area contributed by atoms with Crippen molar-refractivity contribution >= 4 is 17.5 Å². The molecule has 1 heterocycles. The number of hydrogen-bond donors (Lipinski definition) is 1. The number of carbonyl (C=O) groups excluding carboxylic acids is 2. The van der Waals surface area contributed by atoms with Gasteiger partial charge in [0.2, 0.25) is 5.91 Å². The fraction of sp³-hybridized carbons (Fsp3) is 0.316. The van der Waals surface area contributed by atoms with Gasteiger partial charge < -0.3 is 5.32 Å². The maximum absolute atomic E-state index is 12.1. The summed E-state index contributed by atoms with van der Waals surface area (Å²) in [4.78, 5) is 28.0. The van der Waals surface area contributed by atoms with E-state index >= 15 is 0 Å².